The number of hydrogen-bond donors (Lipinski definition) is 4. The topological polar surface area (TPSA) is 114 Å². The molecule has 32 heavy (non-hydrogen) atoms. The first-order valence-electron chi connectivity index (χ1n) is 10.3. The van der Waals surface area contributed by atoms with Crippen LogP contribution in [0.25, 0.3) is 0 Å². The fourth-order valence-corrected chi connectivity index (χ4v) is 3.18. The van der Waals surface area contributed by atoms with Gasteiger partial charge < -0.3 is 26.2 Å². The average molecular weight is 434 g/mol. The van der Waals surface area contributed by atoms with Gasteiger partial charge in [-0.05, 0) is 73.0 Å². The monoisotopic (exact) mass is 433 g/mol. The number of nitrogens with one attached hydrogen (secondary N) is 2. The summed E-state index contributed by atoms with van der Waals surface area (Å²) in [6.45, 7) is 3.73. The van der Waals surface area contributed by atoms with Crippen LogP contribution in [0.5, 0.6) is 11.5 Å². The largest absolute Gasteiger partial charge is 0.457 e. The summed E-state index contributed by atoms with van der Waals surface area (Å²) in [7, 11) is 0. The van der Waals surface area contributed by atoms with E-state index in [4.69, 9.17) is 10.5 Å². The Hall–Kier alpha value is -3.84. The van der Waals surface area contributed by atoms with Gasteiger partial charge in [0.25, 0.3) is 0 Å². The van der Waals surface area contributed by atoms with E-state index in [1.54, 1.807) is 30.3 Å². The summed E-state index contributed by atoms with van der Waals surface area (Å²) >= 11 is 0. The Morgan fingerprint density at radius 2 is 1.78 bits per heavy atom. The minimum Gasteiger partial charge on any atom is -0.457 e. The number of aliphatic hydroxyl groups is 1. The number of carbonyl (C=O) groups is 2. The molecule has 0 heterocycles. The Bertz CT molecular complexity index is 1100. The van der Waals surface area contributed by atoms with E-state index in [-0.39, 0.29) is 25.0 Å². The zero-order valence-corrected chi connectivity index (χ0v) is 18.1. The first kappa shape index (κ1) is 22.8. The number of nitrogen functional groups attached to an aromatic ring is 1. The fraction of sp³-hybridized carbons (Fsp3) is 0.200. The Morgan fingerprint density at radius 1 is 1.03 bits per heavy atom. The van der Waals surface area contributed by atoms with Gasteiger partial charge in [-0.2, -0.15) is 0 Å². The molecule has 0 saturated carbocycles. The molecule has 7 heteroatoms. The van der Waals surface area contributed by atoms with Crippen molar-refractivity contribution in [3.8, 4) is 11.5 Å². The molecule has 166 valence electrons. The highest BCUT2D eigenvalue weighted by Gasteiger charge is 2.15. The maximum atomic E-state index is 12.3. The van der Waals surface area contributed by atoms with Gasteiger partial charge in [0.1, 0.15) is 17.9 Å². The van der Waals surface area contributed by atoms with Crippen molar-refractivity contribution in [2.45, 2.75) is 32.9 Å². The Morgan fingerprint density at radius 3 is 2.47 bits per heavy atom. The van der Waals surface area contributed by atoms with Crippen LogP contribution >= 0.6 is 0 Å². The van der Waals surface area contributed by atoms with Crippen LogP contribution in [0.4, 0.5) is 11.4 Å². The molecule has 0 aliphatic rings. The van der Waals surface area contributed by atoms with Crippen molar-refractivity contribution in [3.63, 3.8) is 0 Å². The average Bonchev–Trinajstić information content (AvgIpc) is 2.76. The molecule has 7 nitrogen and oxygen atoms in total. The quantitative estimate of drug-likeness (QED) is 0.316. The van der Waals surface area contributed by atoms with Crippen molar-refractivity contribution in [2.24, 2.45) is 0 Å². The molecular weight excluding hydrogens is 406 g/mol. The minimum absolute atomic E-state index is 0.0513. The van der Waals surface area contributed by atoms with Gasteiger partial charge >= 0.3 is 0 Å². The van der Waals surface area contributed by atoms with Crippen molar-refractivity contribution in [2.75, 3.05) is 11.1 Å². The lowest BCUT2D eigenvalue weighted by atomic mass is 10.0. The van der Waals surface area contributed by atoms with E-state index in [0.717, 1.165) is 16.7 Å². The van der Waals surface area contributed by atoms with Crippen LogP contribution in [0.15, 0.2) is 66.7 Å². The Kier molecular flexibility index (Phi) is 7.46. The van der Waals surface area contributed by atoms with Crippen LogP contribution in [0.3, 0.4) is 0 Å². The smallest absolute Gasteiger partial charge is 0.233 e. The number of aryl methyl sites for hydroxylation is 1. The molecule has 3 aromatic rings. The molecule has 5 N–H and O–H groups in total. The molecule has 0 aromatic heterocycles. The third-order valence-corrected chi connectivity index (χ3v) is 4.90. The lowest BCUT2D eigenvalue weighted by molar-refractivity contribution is -0.127. The molecule has 3 aromatic carbocycles. The van der Waals surface area contributed by atoms with Crippen LogP contribution in [0.2, 0.25) is 0 Å². The molecule has 0 fully saturated rings. The summed E-state index contributed by atoms with van der Waals surface area (Å²) in [6.07, 6.45) is -0.282. The number of nitrogens with two attached hydrogens (primary N) is 1. The minimum atomic E-state index is -0.399. The SMILES string of the molecule is Cc1cc(C(C)NC(=O)CC(=O)Nc2ccc(N)cc2)ccc1Oc1cccc(CO)c1. The second-order valence-corrected chi connectivity index (χ2v) is 7.57. The zero-order chi connectivity index (χ0) is 23.1. The summed E-state index contributed by atoms with van der Waals surface area (Å²) in [4.78, 5) is 24.4. The van der Waals surface area contributed by atoms with Gasteiger partial charge in [-0.15, -0.1) is 0 Å². The van der Waals surface area contributed by atoms with Crippen LogP contribution in [0, 0.1) is 6.92 Å². The van der Waals surface area contributed by atoms with E-state index < -0.39 is 5.91 Å². The summed E-state index contributed by atoms with van der Waals surface area (Å²) in [5.41, 5.74) is 9.37. The van der Waals surface area contributed by atoms with E-state index in [2.05, 4.69) is 10.6 Å². The third-order valence-electron chi connectivity index (χ3n) is 4.90. The first-order chi connectivity index (χ1) is 15.3. The van der Waals surface area contributed by atoms with E-state index in [0.29, 0.717) is 22.9 Å². The number of amides is 2. The molecule has 0 radical (unpaired) electrons. The van der Waals surface area contributed by atoms with Gasteiger partial charge in [-0.25, -0.2) is 0 Å². The number of aliphatic hydroxyl groups excluding tert-OH is 1. The summed E-state index contributed by atoms with van der Waals surface area (Å²) in [5, 5.41) is 14.8. The van der Waals surface area contributed by atoms with Gasteiger partial charge in [0, 0.05) is 11.4 Å². The number of benzene rings is 3. The van der Waals surface area contributed by atoms with Gasteiger partial charge in [-0.1, -0.05) is 24.3 Å². The molecule has 0 aliphatic carbocycles. The predicted octanol–water partition coefficient (Wildman–Crippen LogP) is 4.07. The molecule has 1 unspecified atom stereocenters. The summed E-state index contributed by atoms with van der Waals surface area (Å²) in [5.74, 6) is 0.555. The van der Waals surface area contributed by atoms with E-state index in [1.165, 1.54) is 0 Å². The van der Waals surface area contributed by atoms with Gasteiger partial charge in [0.05, 0.1) is 12.6 Å². The summed E-state index contributed by atoms with van der Waals surface area (Å²) < 4.78 is 5.92. The Labute approximate surface area is 187 Å². The van der Waals surface area contributed by atoms with Crippen LogP contribution in [0.1, 0.15) is 36.1 Å². The molecule has 0 saturated heterocycles. The highest BCUT2D eigenvalue weighted by Crippen LogP contribution is 2.28. The Balaban J connectivity index is 1.56. The molecule has 0 spiro atoms. The van der Waals surface area contributed by atoms with E-state index >= 15 is 0 Å². The lowest BCUT2D eigenvalue weighted by Gasteiger charge is -2.17. The van der Waals surface area contributed by atoms with Crippen molar-refractivity contribution in [1.29, 1.82) is 0 Å². The normalized spacial score (nSPS) is 11.5. The molecule has 0 bridgehead atoms. The number of hydrogen-bond acceptors (Lipinski definition) is 5. The van der Waals surface area contributed by atoms with Crippen LogP contribution in [-0.4, -0.2) is 16.9 Å². The standard InChI is InChI=1S/C25H27N3O4/c1-16-12-19(6-11-23(16)32-22-5-3-4-18(13-22)15-29)17(2)27-24(30)14-25(31)28-21-9-7-20(26)8-10-21/h3-13,17,29H,14-15,26H2,1-2H3,(H,27,30)(H,28,31). The van der Waals surface area contributed by atoms with E-state index in [1.807, 2.05) is 50.2 Å². The van der Waals surface area contributed by atoms with Crippen LogP contribution in [-0.2, 0) is 16.2 Å². The maximum absolute atomic E-state index is 12.3. The van der Waals surface area contributed by atoms with E-state index in [9.17, 15) is 14.7 Å². The second-order valence-electron chi connectivity index (χ2n) is 7.57. The van der Waals surface area contributed by atoms with Crippen LogP contribution < -0.4 is 21.1 Å². The van der Waals surface area contributed by atoms with Crippen molar-refractivity contribution in [1.82, 2.24) is 5.32 Å². The predicted molar refractivity (Wildman–Crippen MR) is 124 cm³/mol. The van der Waals surface area contributed by atoms with Gasteiger partial charge in [0.15, 0.2) is 0 Å². The lowest BCUT2D eigenvalue weighted by Crippen LogP contribution is -2.30. The maximum Gasteiger partial charge on any atom is 0.233 e. The highest BCUT2D eigenvalue weighted by atomic mass is 16.5. The second kappa shape index (κ2) is 10.5. The number of ether oxygens (including phenoxy) is 1. The van der Waals surface area contributed by atoms with Crippen molar-refractivity contribution >= 4 is 23.2 Å². The molecule has 3 rings (SSSR count). The molecule has 1 atom stereocenters. The summed E-state index contributed by atoms with van der Waals surface area (Å²) in [6, 6.07) is 19.3. The highest BCUT2D eigenvalue weighted by molar-refractivity contribution is 6.03. The van der Waals surface area contributed by atoms with Crippen molar-refractivity contribution in [3.05, 3.63) is 83.4 Å². The third kappa shape index (κ3) is 6.33. The fourth-order valence-electron chi connectivity index (χ4n) is 3.18. The zero-order valence-electron chi connectivity index (χ0n) is 18.1. The van der Waals surface area contributed by atoms with Gasteiger partial charge in [0.2, 0.25) is 11.8 Å². The van der Waals surface area contributed by atoms with Crippen molar-refractivity contribution < 1.29 is 19.4 Å². The number of rotatable bonds is 8. The molecule has 0 aliphatic heterocycles. The number of anilines is 2. The number of carbonyl (C=O) groups excluding carboxylic acids is 2. The molecule has 2 amide bonds. The first-order valence-corrected chi connectivity index (χ1v) is 10.3. The molecular formula is C25H27N3O4. The van der Waals surface area contributed by atoms with Gasteiger partial charge in [-0.3, -0.25) is 9.59 Å².